The Bertz CT molecular complexity index is 1160. The third kappa shape index (κ3) is 11.8. The fourth-order valence-corrected chi connectivity index (χ4v) is 4.50. The molecule has 0 aliphatic heterocycles. The predicted molar refractivity (Wildman–Crippen MR) is 144 cm³/mol. The number of hydrogen-bond acceptors (Lipinski definition) is 10. The fraction of sp³-hybridized carbons (Fsp3) is 0.455. The largest absolute Gasteiger partial charge is 0.506 e. The molecule has 0 amide bonds. The molecule has 12 N–H and O–H groups in total. The van der Waals surface area contributed by atoms with Gasteiger partial charge >= 0.3 is 0 Å². The molecule has 0 fully saturated rings. The van der Waals surface area contributed by atoms with Crippen LogP contribution in [0.4, 0.5) is 11.4 Å². The molecule has 0 saturated heterocycles. The second kappa shape index (κ2) is 14.5. The van der Waals surface area contributed by atoms with Crippen molar-refractivity contribution in [3.8, 4) is 11.5 Å². The SMILES string of the molecule is NS(=O)(=O)Nc1cc(C(O)CNCCCCCCNCC(O)c2ccc(O)c(NS(N)(=O)=O)c2)ccc1O. The highest BCUT2D eigenvalue weighted by molar-refractivity contribution is 7.90. The molecule has 0 spiro atoms. The van der Waals surface area contributed by atoms with E-state index in [4.69, 9.17) is 10.3 Å². The van der Waals surface area contributed by atoms with Crippen LogP contribution in [0.5, 0.6) is 11.5 Å². The molecule has 214 valence electrons. The maximum atomic E-state index is 11.2. The summed E-state index contributed by atoms with van der Waals surface area (Å²) >= 11 is 0. The van der Waals surface area contributed by atoms with Gasteiger partial charge in [-0.05, 0) is 61.3 Å². The van der Waals surface area contributed by atoms with Crippen molar-refractivity contribution in [3.05, 3.63) is 47.5 Å². The van der Waals surface area contributed by atoms with Crippen LogP contribution in [0.3, 0.4) is 0 Å². The zero-order valence-electron chi connectivity index (χ0n) is 20.7. The molecule has 0 aliphatic carbocycles. The summed E-state index contributed by atoms with van der Waals surface area (Å²) in [6.07, 6.45) is 1.80. The predicted octanol–water partition coefficient (Wildman–Crippen LogP) is -0.165. The summed E-state index contributed by atoms with van der Waals surface area (Å²) < 4.78 is 48.7. The minimum atomic E-state index is -4.06. The van der Waals surface area contributed by atoms with Gasteiger partial charge in [-0.1, -0.05) is 25.0 Å². The van der Waals surface area contributed by atoms with E-state index >= 15 is 0 Å². The van der Waals surface area contributed by atoms with Gasteiger partial charge in [-0.2, -0.15) is 16.8 Å². The first-order valence-electron chi connectivity index (χ1n) is 11.8. The zero-order chi connectivity index (χ0) is 28.3. The van der Waals surface area contributed by atoms with Crippen LogP contribution in [-0.2, 0) is 20.4 Å². The van der Waals surface area contributed by atoms with Crippen molar-refractivity contribution in [1.82, 2.24) is 10.6 Å². The molecule has 2 rings (SSSR count). The smallest absolute Gasteiger partial charge is 0.296 e. The van der Waals surface area contributed by atoms with Gasteiger partial charge in [0.1, 0.15) is 11.5 Å². The molecule has 0 bridgehead atoms. The lowest BCUT2D eigenvalue weighted by atomic mass is 10.1. The van der Waals surface area contributed by atoms with Crippen molar-refractivity contribution >= 4 is 31.8 Å². The summed E-state index contributed by atoms with van der Waals surface area (Å²) in [7, 11) is -8.12. The van der Waals surface area contributed by atoms with E-state index in [2.05, 4.69) is 10.6 Å². The van der Waals surface area contributed by atoms with Crippen LogP contribution >= 0.6 is 0 Å². The van der Waals surface area contributed by atoms with Crippen LogP contribution in [0.2, 0.25) is 0 Å². The first-order chi connectivity index (χ1) is 17.7. The van der Waals surface area contributed by atoms with E-state index in [0.29, 0.717) is 24.2 Å². The Labute approximate surface area is 222 Å². The van der Waals surface area contributed by atoms with Crippen molar-refractivity contribution in [2.75, 3.05) is 35.6 Å². The second-order valence-corrected chi connectivity index (χ2v) is 11.3. The number of benzene rings is 2. The molecule has 0 aliphatic rings. The number of nitrogens with one attached hydrogen (secondary N) is 4. The van der Waals surface area contributed by atoms with E-state index in [1.54, 1.807) is 0 Å². The molecule has 2 atom stereocenters. The molecule has 0 radical (unpaired) electrons. The lowest BCUT2D eigenvalue weighted by Crippen LogP contribution is -2.24. The van der Waals surface area contributed by atoms with Gasteiger partial charge in [0.2, 0.25) is 0 Å². The number of hydrogen-bond donors (Lipinski definition) is 10. The standard InChI is InChI=1S/C22H36N6O8S2/c23-37(33,34)27-17-11-15(5-7-19(17)29)21(31)13-25-9-3-1-2-4-10-26-14-22(32)16-6-8-20(30)18(12-16)28-38(24,35)36/h5-8,11-12,21-22,25-32H,1-4,9-10,13-14H2,(H2,23,33,34)(H2,24,35,36). The van der Waals surface area contributed by atoms with Crippen molar-refractivity contribution in [2.24, 2.45) is 10.3 Å². The van der Waals surface area contributed by atoms with Gasteiger partial charge < -0.3 is 31.1 Å². The highest BCUT2D eigenvalue weighted by Gasteiger charge is 2.14. The van der Waals surface area contributed by atoms with Crippen molar-refractivity contribution < 1.29 is 37.3 Å². The molecular weight excluding hydrogens is 540 g/mol. The zero-order valence-corrected chi connectivity index (χ0v) is 22.3. The Morgan fingerprint density at radius 3 is 1.37 bits per heavy atom. The maximum Gasteiger partial charge on any atom is 0.296 e. The van der Waals surface area contributed by atoms with E-state index in [0.717, 1.165) is 25.7 Å². The quantitative estimate of drug-likeness (QED) is 0.0879. The lowest BCUT2D eigenvalue weighted by molar-refractivity contribution is 0.174. The highest BCUT2D eigenvalue weighted by Crippen LogP contribution is 2.28. The number of anilines is 2. The third-order valence-corrected chi connectivity index (χ3v) is 6.46. The van der Waals surface area contributed by atoms with Crippen molar-refractivity contribution in [3.63, 3.8) is 0 Å². The van der Waals surface area contributed by atoms with Crippen molar-refractivity contribution in [2.45, 2.75) is 37.9 Å². The second-order valence-electron chi connectivity index (χ2n) is 8.70. The number of phenols is 2. The Balaban J connectivity index is 1.60. The highest BCUT2D eigenvalue weighted by atomic mass is 32.2. The Morgan fingerprint density at radius 2 is 1.03 bits per heavy atom. The maximum absolute atomic E-state index is 11.2. The molecule has 2 aromatic rings. The number of nitrogens with two attached hydrogens (primary N) is 2. The van der Waals surface area contributed by atoms with E-state index in [1.165, 1.54) is 36.4 Å². The van der Waals surface area contributed by atoms with Gasteiger partial charge in [0.05, 0.1) is 23.6 Å². The Kier molecular flexibility index (Phi) is 12.0. The molecule has 2 aromatic carbocycles. The summed E-state index contributed by atoms with van der Waals surface area (Å²) in [5.41, 5.74) is 0.604. The normalized spacial score (nSPS) is 13.7. The van der Waals surface area contributed by atoms with Gasteiger partial charge in [-0.25, -0.2) is 10.3 Å². The number of aliphatic hydroxyl groups is 2. The summed E-state index contributed by atoms with van der Waals surface area (Å²) in [4.78, 5) is 0. The van der Waals surface area contributed by atoms with E-state index in [1.807, 2.05) is 9.44 Å². The molecule has 0 heterocycles. The third-order valence-electron chi connectivity index (χ3n) is 5.45. The lowest BCUT2D eigenvalue weighted by Gasteiger charge is -2.15. The van der Waals surface area contributed by atoms with Gasteiger partial charge in [0.15, 0.2) is 0 Å². The average Bonchev–Trinajstić information content (AvgIpc) is 2.81. The minimum Gasteiger partial charge on any atom is -0.506 e. The number of phenolic OH excluding ortho intramolecular Hbond substituents is 2. The molecule has 14 nitrogen and oxygen atoms in total. The molecule has 0 aromatic heterocycles. The molecule has 38 heavy (non-hydrogen) atoms. The summed E-state index contributed by atoms with van der Waals surface area (Å²) in [6, 6.07) is 8.15. The number of unbranched alkanes of at least 4 members (excludes halogenated alkanes) is 3. The average molecular weight is 577 g/mol. The monoisotopic (exact) mass is 576 g/mol. The van der Waals surface area contributed by atoms with Crippen LogP contribution in [-0.4, -0.2) is 63.4 Å². The van der Waals surface area contributed by atoms with Gasteiger partial charge in [0.25, 0.3) is 20.4 Å². The van der Waals surface area contributed by atoms with E-state index < -0.39 is 32.6 Å². The topological polar surface area (TPSA) is 249 Å². The number of aliphatic hydroxyl groups excluding tert-OH is 2. The van der Waals surface area contributed by atoms with Gasteiger partial charge in [-0.15, -0.1) is 0 Å². The Morgan fingerprint density at radius 1 is 0.658 bits per heavy atom. The van der Waals surface area contributed by atoms with E-state index in [9.17, 15) is 37.3 Å². The fourth-order valence-electron chi connectivity index (χ4n) is 3.56. The van der Waals surface area contributed by atoms with Crippen LogP contribution in [0, 0.1) is 0 Å². The van der Waals surface area contributed by atoms with Gasteiger partial charge in [0, 0.05) is 13.1 Å². The van der Waals surface area contributed by atoms with Crippen LogP contribution in [0.25, 0.3) is 0 Å². The van der Waals surface area contributed by atoms with Gasteiger partial charge in [-0.3, -0.25) is 9.44 Å². The van der Waals surface area contributed by atoms with E-state index in [-0.39, 0.29) is 36.0 Å². The van der Waals surface area contributed by atoms with Crippen LogP contribution in [0.15, 0.2) is 36.4 Å². The Hall–Kier alpha value is -2.70. The number of rotatable bonds is 17. The summed E-state index contributed by atoms with van der Waals surface area (Å²) in [5.74, 6) is -0.613. The minimum absolute atomic E-state index is 0.114. The van der Waals surface area contributed by atoms with Crippen LogP contribution < -0.4 is 30.4 Å². The molecule has 0 saturated carbocycles. The van der Waals surface area contributed by atoms with Crippen molar-refractivity contribution in [1.29, 1.82) is 0 Å². The summed E-state index contributed by atoms with van der Waals surface area (Å²) in [5, 5.41) is 56.2. The molecule has 2 unspecified atom stereocenters. The molecule has 16 heteroatoms. The number of aromatic hydroxyl groups is 2. The summed E-state index contributed by atoms with van der Waals surface area (Å²) in [6.45, 7) is 1.81. The molecular formula is C22H36N6O8S2. The van der Waals surface area contributed by atoms with Crippen LogP contribution in [0.1, 0.15) is 49.0 Å². The first kappa shape index (κ1) is 31.5. The first-order valence-corrected chi connectivity index (χ1v) is 14.9.